The standard InChI is InChI=1S/C14H26N2O3/c1-9-6-10(2)11(3)16(7-9)8-13(14(18)19-5)15-12(4)17/h9-11,13H,6-8H2,1-5H3,(H,15,17). The number of nitrogens with one attached hydrogen (secondary N) is 1. The second-order valence-corrected chi connectivity index (χ2v) is 5.79. The van der Waals surface area contributed by atoms with Gasteiger partial charge in [0, 0.05) is 26.1 Å². The molecule has 19 heavy (non-hydrogen) atoms. The van der Waals surface area contributed by atoms with Crippen molar-refractivity contribution in [1.29, 1.82) is 0 Å². The van der Waals surface area contributed by atoms with E-state index in [0.717, 1.165) is 6.54 Å². The molecule has 0 spiro atoms. The topological polar surface area (TPSA) is 58.6 Å². The highest BCUT2D eigenvalue weighted by molar-refractivity contribution is 5.83. The summed E-state index contributed by atoms with van der Waals surface area (Å²) >= 11 is 0. The minimum Gasteiger partial charge on any atom is -0.467 e. The molecule has 5 heteroatoms. The van der Waals surface area contributed by atoms with Crippen LogP contribution < -0.4 is 5.32 Å². The largest absolute Gasteiger partial charge is 0.467 e. The van der Waals surface area contributed by atoms with Gasteiger partial charge in [-0.15, -0.1) is 0 Å². The van der Waals surface area contributed by atoms with Crippen molar-refractivity contribution in [3.63, 3.8) is 0 Å². The third-order valence-corrected chi connectivity index (χ3v) is 4.00. The fraction of sp³-hybridized carbons (Fsp3) is 0.857. The number of piperidine rings is 1. The van der Waals surface area contributed by atoms with Gasteiger partial charge in [-0.25, -0.2) is 4.79 Å². The van der Waals surface area contributed by atoms with Crippen molar-refractivity contribution in [3.8, 4) is 0 Å². The first-order valence-electron chi connectivity index (χ1n) is 6.94. The third kappa shape index (κ3) is 4.49. The molecule has 0 aliphatic carbocycles. The minimum atomic E-state index is -0.581. The number of likely N-dealkylation sites (tertiary alicyclic amines) is 1. The zero-order valence-electron chi connectivity index (χ0n) is 12.6. The highest BCUT2D eigenvalue weighted by atomic mass is 16.5. The second kappa shape index (κ2) is 6.89. The van der Waals surface area contributed by atoms with E-state index in [2.05, 4.69) is 31.0 Å². The lowest BCUT2D eigenvalue weighted by Gasteiger charge is -2.42. The number of hydrogen-bond donors (Lipinski definition) is 1. The molecule has 1 saturated heterocycles. The molecule has 0 aromatic carbocycles. The highest BCUT2D eigenvalue weighted by Gasteiger charge is 2.32. The molecule has 110 valence electrons. The normalized spacial score (nSPS) is 29.6. The van der Waals surface area contributed by atoms with E-state index >= 15 is 0 Å². The van der Waals surface area contributed by atoms with Gasteiger partial charge >= 0.3 is 5.97 Å². The smallest absolute Gasteiger partial charge is 0.329 e. The number of ether oxygens (including phenoxy) is 1. The Morgan fingerprint density at radius 1 is 1.37 bits per heavy atom. The summed E-state index contributed by atoms with van der Waals surface area (Å²) in [6, 6.07) is -0.167. The summed E-state index contributed by atoms with van der Waals surface area (Å²) in [5, 5.41) is 2.67. The molecule has 1 amide bonds. The lowest BCUT2D eigenvalue weighted by molar-refractivity contribution is -0.146. The van der Waals surface area contributed by atoms with E-state index in [4.69, 9.17) is 4.74 Å². The van der Waals surface area contributed by atoms with Crippen LogP contribution >= 0.6 is 0 Å². The summed E-state index contributed by atoms with van der Waals surface area (Å²) in [6.45, 7) is 9.53. The number of amides is 1. The zero-order chi connectivity index (χ0) is 14.6. The molecule has 4 atom stereocenters. The highest BCUT2D eigenvalue weighted by Crippen LogP contribution is 2.26. The van der Waals surface area contributed by atoms with Gasteiger partial charge in [0.2, 0.25) is 5.91 Å². The zero-order valence-corrected chi connectivity index (χ0v) is 12.6. The van der Waals surface area contributed by atoms with E-state index in [1.807, 2.05) is 0 Å². The first-order chi connectivity index (χ1) is 8.85. The molecule has 4 unspecified atom stereocenters. The molecule has 0 radical (unpaired) electrons. The van der Waals surface area contributed by atoms with Crippen LogP contribution in [0.3, 0.4) is 0 Å². The van der Waals surface area contributed by atoms with Crippen LogP contribution in [0.1, 0.15) is 34.1 Å². The number of carbonyl (C=O) groups is 2. The first-order valence-corrected chi connectivity index (χ1v) is 6.94. The Bertz CT molecular complexity index is 333. The Labute approximate surface area is 115 Å². The monoisotopic (exact) mass is 270 g/mol. The van der Waals surface area contributed by atoms with Crippen LogP contribution in [0.4, 0.5) is 0 Å². The van der Waals surface area contributed by atoms with Crippen molar-refractivity contribution in [2.24, 2.45) is 11.8 Å². The van der Waals surface area contributed by atoms with E-state index in [0.29, 0.717) is 24.4 Å². The number of nitrogens with zero attached hydrogens (tertiary/aromatic N) is 1. The summed E-state index contributed by atoms with van der Waals surface area (Å²) in [5.41, 5.74) is 0. The van der Waals surface area contributed by atoms with Crippen molar-refractivity contribution in [3.05, 3.63) is 0 Å². The molecule has 1 rings (SSSR count). The Hall–Kier alpha value is -1.10. The minimum absolute atomic E-state index is 0.207. The average molecular weight is 270 g/mol. The maximum atomic E-state index is 11.7. The van der Waals surface area contributed by atoms with Crippen LogP contribution in [0.25, 0.3) is 0 Å². The molecule has 0 bridgehead atoms. The number of carbonyl (C=O) groups excluding carboxylic acids is 2. The van der Waals surface area contributed by atoms with Gasteiger partial charge in [0.1, 0.15) is 6.04 Å². The quantitative estimate of drug-likeness (QED) is 0.775. The van der Waals surface area contributed by atoms with Crippen LogP contribution in [0.5, 0.6) is 0 Å². The van der Waals surface area contributed by atoms with Gasteiger partial charge in [-0.3, -0.25) is 9.69 Å². The van der Waals surface area contributed by atoms with Crippen LogP contribution in [0.2, 0.25) is 0 Å². The summed E-state index contributed by atoms with van der Waals surface area (Å²) in [5.74, 6) is 0.621. The van der Waals surface area contributed by atoms with Crippen molar-refractivity contribution < 1.29 is 14.3 Å². The van der Waals surface area contributed by atoms with Crippen LogP contribution in [0.15, 0.2) is 0 Å². The Balaban J connectivity index is 2.71. The van der Waals surface area contributed by atoms with Gasteiger partial charge in [-0.2, -0.15) is 0 Å². The number of esters is 1. The van der Waals surface area contributed by atoms with Gasteiger partial charge < -0.3 is 10.1 Å². The van der Waals surface area contributed by atoms with Gasteiger partial charge in [-0.05, 0) is 25.2 Å². The molecule has 1 heterocycles. The van der Waals surface area contributed by atoms with Gasteiger partial charge in [0.15, 0.2) is 0 Å². The Morgan fingerprint density at radius 3 is 2.53 bits per heavy atom. The maximum Gasteiger partial charge on any atom is 0.329 e. The molecule has 1 aliphatic heterocycles. The fourth-order valence-corrected chi connectivity index (χ4v) is 2.87. The predicted molar refractivity (Wildman–Crippen MR) is 73.6 cm³/mol. The molecule has 0 aromatic heterocycles. The van der Waals surface area contributed by atoms with E-state index < -0.39 is 6.04 Å². The summed E-state index contributed by atoms with van der Waals surface area (Å²) < 4.78 is 4.76. The van der Waals surface area contributed by atoms with Gasteiger partial charge in [0.05, 0.1) is 7.11 Å². The van der Waals surface area contributed by atoms with Crippen molar-refractivity contribution in [1.82, 2.24) is 10.2 Å². The Morgan fingerprint density at radius 2 is 2.00 bits per heavy atom. The van der Waals surface area contributed by atoms with E-state index in [-0.39, 0.29) is 11.9 Å². The van der Waals surface area contributed by atoms with E-state index in [1.54, 1.807) is 0 Å². The molecular formula is C14H26N2O3. The van der Waals surface area contributed by atoms with Gasteiger partial charge in [-0.1, -0.05) is 13.8 Å². The summed E-state index contributed by atoms with van der Waals surface area (Å²) in [7, 11) is 1.35. The summed E-state index contributed by atoms with van der Waals surface area (Å²) in [4.78, 5) is 25.2. The van der Waals surface area contributed by atoms with Crippen molar-refractivity contribution in [2.75, 3.05) is 20.2 Å². The molecule has 1 fully saturated rings. The molecule has 5 nitrogen and oxygen atoms in total. The fourth-order valence-electron chi connectivity index (χ4n) is 2.87. The lowest BCUT2D eigenvalue weighted by Crippen LogP contribution is -2.54. The van der Waals surface area contributed by atoms with Crippen LogP contribution in [-0.4, -0.2) is 49.1 Å². The average Bonchev–Trinajstić information content (AvgIpc) is 2.32. The van der Waals surface area contributed by atoms with E-state index in [1.165, 1.54) is 20.5 Å². The van der Waals surface area contributed by atoms with Crippen molar-refractivity contribution in [2.45, 2.75) is 46.2 Å². The first kappa shape index (κ1) is 16.0. The second-order valence-electron chi connectivity index (χ2n) is 5.79. The number of methoxy groups -OCH3 is 1. The van der Waals surface area contributed by atoms with Crippen LogP contribution in [0, 0.1) is 11.8 Å². The number of rotatable bonds is 4. The molecule has 0 saturated carbocycles. The van der Waals surface area contributed by atoms with Gasteiger partial charge in [0.25, 0.3) is 0 Å². The molecular weight excluding hydrogens is 244 g/mol. The van der Waals surface area contributed by atoms with Crippen LogP contribution in [-0.2, 0) is 14.3 Å². The molecule has 0 aromatic rings. The SMILES string of the molecule is COC(=O)C(CN1CC(C)CC(C)C1C)NC(C)=O. The Kier molecular flexibility index (Phi) is 5.79. The lowest BCUT2D eigenvalue weighted by atomic mass is 9.86. The van der Waals surface area contributed by atoms with Crippen molar-refractivity contribution >= 4 is 11.9 Å². The summed E-state index contributed by atoms with van der Waals surface area (Å²) in [6.07, 6.45) is 1.21. The molecule has 1 aliphatic rings. The molecule has 1 N–H and O–H groups in total. The number of hydrogen-bond acceptors (Lipinski definition) is 4. The predicted octanol–water partition coefficient (Wildman–Crippen LogP) is 1.03. The maximum absolute atomic E-state index is 11.7. The third-order valence-electron chi connectivity index (χ3n) is 4.00. The van der Waals surface area contributed by atoms with E-state index in [9.17, 15) is 9.59 Å².